The average Bonchev–Trinajstić information content (AvgIpc) is 2.65. The number of rotatable bonds is 10. The second-order valence-electron chi connectivity index (χ2n) is 6.65. The van der Waals surface area contributed by atoms with Gasteiger partial charge in [0.25, 0.3) is 0 Å². The summed E-state index contributed by atoms with van der Waals surface area (Å²) < 4.78 is 32.9. The number of anilines is 1. The van der Waals surface area contributed by atoms with Crippen LogP contribution >= 0.6 is 0 Å². The minimum atomic E-state index is -3.43. The molecule has 152 valence electrons. The Kier molecular flexibility index (Phi) is 7.45. The third-order valence-electron chi connectivity index (χ3n) is 4.20. The quantitative estimate of drug-likeness (QED) is 0.639. The second-order valence-corrected chi connectivity index (χ2v) is 8.66. The van der Waals surface area contributed by atoms with Crippen LogP contribution < -0.4 is 9.04 Å². The van der Waals surface area contributed by atoms with E-state index in [1.54, 1.807) is 18.2 Å². The molecule has 0 spiro atoms. The highest BCUT2D eigenvalue weighted by Gasteiger charge is 2.24. The lowest BCUT2D eigenvalue weighted by molar-refractivity contribution is 0.0697. The molecule has 1 N–H and O–H groups in total. The van der Waals surface area contributed by atoms with Crippen molar-refractivity contribution in [3.05, 3.63) is 59.2 Å². The third-order valence-corrected chi connectivity index (χ3v) is 6.18. The van der Waals surface area contributed by atoms with Gasteiger partial charge in [-0.1, -0.05) is 32.0 Å². The van der Waals surface area contributed by atoms with Crippen LogP contribution in [-0.4, -0.2) is 31.8 Å². The van der Waals surface area contributed by atoms with Crippen molar-refractivity contribution in [2.45, 2.75) is 40.2 Å². The van der Waals surface area contributed by atoms with Crippen LogP contribution in [0.5, 0.6) is 5.75 Å². The fraction of sp³-hybridized carbons (Fsp3) is 0.381. The lowest BCUT2D eigenvalue weighted by Crippen LogP contribution is -2.34. The van der Waals surface area contributed by atoms with Gasteiger partial charge in [0.15, 0.2) is 0 Å². The molecule has 0 atom stereocenters. The van der Waals surface area contributed by atoms with E-state index in [9.17, 15) is 13.2 Å². The summed E-state index contributed by atoms with van der Waals surface area (Å²) >= 11 is 0. The summed E-state index contributed by atoms with van der Waals surface area (Å²) in [6.45, 7) is 6.30. The zero-order valence-corrected chi connectivity index (χ0v) is 17.3. The van der Waals surface area contributed by atoms with Crippen LogP contribution in [0.4, 0.5) is 5.69 Å². The molecule has 2 aromatic carbocycles. The van der Waals surface area contributed by atoms with Crippen LogP contribution in [0, 0.1) is 6.92 Å². The SMILES string of the molecule is CCCN(c1ccc(C)cc1OCc1ccc(C(=O)O)cc1)S(=O)(=O)CCC. The van der Waals surface area contributed by atoms with E-state index < -0.39 is 16.0 Å². The standard InChI is InChI=1S/C21H27NO5S/c1-4-12-22(28(25,26)13-5-2)19-11-6-16(3)14-20(19)27-15-17-7-9-18(10-8-17)21(23)24/h6-11,14H,4-5,12-13,15H2,1-3H3,(H,23,24). The first-order valence-corrected chi connectivity index (χ1v) is 11.0. The number of aryl methyl sites for hydroxylation is 1. The maximum atomic E-state index is 12.7. The minimum absolute atomic E-state index is 0.0803. The molecule has 0 aliphatic rings. The van der Waals surface area contributed by atoms with Gasteiger partial charge in [-0.2, -0.15) is 0 Å². The molecule has 0 saturated carbocycles. The van der Waals surface area contributed by atoms with Crippen LogP contribution in [0.1, 0.15) is 48.2 Å². The number of ether oxygens (including phenoxy) is 1. The molecule has 0 saturated heterocycles. The number of hydrogen-bond donors (Lipinski definition) is 1. The normalized spacial score (nSPS) is 11.2. The van der Waals surface area contributed by atoms with Crippen molar-refractivity contribution in [3.63, 3.8) is 0 Å². The number of nitrogens with zero attached hydrogens (tertiary/aromatic N) is 1. The van der Waals surface area contributed by atoms with Crippen molar-refractivity contribution in [1.82, 2.24) is 0 Å². The van der Waals surface area contributed by atoms with E-state index in [1.807, 2.05) is 32.9 Å². The Bertz CT molecular complexity index is 907. The van der Waals surface area contributed by atoms with Crippen molar-refractivity contribution in [2.24, 2.45) is 0 Å². The number of hydrogen-bond acceptors (Lipinski definition) is 4. The topological polar surface area (TPSA) is 83.9 Å². The van der Waals surface area contributed by atoms with Gasteiger partial charge in [0, 0.05) is 6.54 Å². The highest BCUT2D eigenvalue weighted by molar-refractivity contribution is 7.92. The number of carboxylic acids is 1. The van der Waals surface area contributed by atoms with E-state index in [2.05, 4.69) is 0 Å². The summed E-state index contributed by atoms with van der Waals surface area (Å²) in [6, 6.07) is 11.9. The molecule has 7 heteroatoms. The van der Waals surface area contributed by atoms with E-state index in [4.69, 9.17) is 9.84 Å². The Morgan fingerprint density at radius 1 is 1.07 bits per heavy atom. The zero-order valence-electron chi connectivity index (χ0n) is 16.5. The molecule has 28 heavy (non-hydrogen) atoms. The number of aromatic carboxylic acids is 1. The molecule has 0 aliphatic heterocycles. The van der Waals surface area contributed by atoms with Crippen molar-refractivity contribution >= 4 is 21.7 Å². The van der Waals surface area contributed by atoms with Crippen LogP contribution in [0.3, 0.4) is 0 Å². The van der Waals surface area contributed by atoms with E-state index in [0.29, 0.717) is 30.8 Å². The van der Waals surface area contributed by atoms with Gasteiger partial charge < -0.3 is 9.84 Å². The molecule has 0 aliphatic carbocycles. The Morgan fingerprint density at radius 2 is 1.75 bits per heavy atom. The maximum Gasteiger partial charge on any atom is 0.335 e. The van der Waals surface area contributed by atoms with Crippen LogP contribution in [0.2, 0.25) is 0 Å². The Hall–Kier alpha value is -2.54. The first-order chi connectivity index (χ1) is 13.3. The second kappa shape index (κ2) is 9.59. The van der Waals surface area contributed by atoms with Gasteiger partial charge in [-0.3, -0.25) is 4.31 Å². The highest BCUT2D eigenvalue weighted by Crippen LogP contribution is 2.32. The van der Waals surface area contributed by atoms with Crippen LogP contribution in [0.15, 0.2) is 42.5 Å². The lowest BCUT2D eigenvalue weighted by atomic mass is 10.1. The third kappa shape index (κ3) is 5.48. The summed E-state index contributed by atoms with van der Waals surface area (Å²) in [4.78, 5) is 11.0. The van der Waals surface area contributed by atoms with Crippen molar-refractivity contribution in [2.75, 3.05) is 16.6 Å². The predicted octanol–water partition coefficient (Wildman–Crippen LogP) is 4.23. The predicted molar refractivity (Wildman–Crippen MR) is 111 cm³/mol. The summed E-state index contributed by atoms with van der Waals surface area (Å²) in [7, 11) is -3.43. The summed E-state index contributed by atoms with van der Waals surface area (Å²) in [6.07, 6.45) is 1.23. The largest absolute Gasteiger partial charge is 0.487 e. The molecule has 0 radical (unpaired) electrons. The molecule has 0 bridgehead atoms. The molecule has 0 fully saturated rings. The number of benzene rings is 2. The van der Waals surface area contributed by atoms with E-state index in [1.165, 1.54) is 16.4 Å². The van der Waals surface area contributed by atoms with E-state index in [0.717, 1.165) is 11.1 Å². The van der Waals surface area contributed by atoms with Crippen molar-refractivity contribution in [3.8, 4) is 5.75 Å². The van der Waals surface area contributed by atoms with Gasteiger partial charge in [-0.15, -0.1) is 0 Å². The van der Waals surface area contributed by atoms with Gasteiger partial charge >= 0.3 is 5.97 Å². The zero-order chi connectivity index (χ0) is 20.7. The Labute approximate surface area is 166 Å². The maximum absolute atomic E-state index is 12.7. The Balaban J connectivity index is 2.31. The fourth-order valence-electron chi connectivity index (χ4n) is 2.83. The molecule has 0 aromatic heterocycles. The number of carbonyl (C=O) groups is 1. The summed E-state index contributed by atoms with van der Waals surface area (Å²) in [5, 5.41) is 8.99. The average molecular weight is 406 g/mol. The van der Waals surface area contributed by atoms with Gasteiger partial charge in [-0.05, 0) is 55.2 Å². The van der Waals surface area contributed by atoms with Gasteiger partial charge in [0.2, 0.25) is 10.0 Å². The first-order valence-electron chi connectivity index (χ1n) is 9.34. The summed E-state index contributed by atoms with van der Waals surface area (Å²) in [5.41, 5.74) is 2.50. The smallest absolute Gasteiger partial charge is 0.335 e. The van der Waals surface area contributed by atoms with Gasteiger partial charge in [0.05, 0.1) is 17.0 Å². The van der Waals surface area contributed by atoms with Crippen molar-refractivity contribution in [1.29, 1.82) is 0 Å². The minimum Gasteiger partial charge on any atom is -0.487 e. The van der Waals surface area contributed by atoms with Crippen molar-refractivity contribution < 1.29 is 23.1 Å². The molecule has 0 heterocycles. The van der Waals surface area contributed by atoms with Crippen LogP contribution in [0.25, 0.3) is 0 Å². The summed E-state index contributed by atoms with van der Waals surface area (Å²) in [5.74, 6) is -0.406. The molecule has 0 amide bonds. The number of sulfonamides is 1. The van der Waals surface area contributed by atoms with Gasteiger partial charge in [0.1, 0.15) is 12.4 Å². The lowest BCUT2D eigenvalue weighted by Gasteiger charge is -2.26. The van der Waals surface area contributed by atoms with Crippen LogP contribution in [-0.2, 0) is 16.6 Å². The van der Waals surface area contributed by atoms with Gasteiger partial charge in [-0.25, -0.2) is 13.2 Å². The molecular weight excluding hydrogens is 378 g/mol. The first kappa shape index (κ1) is 21.8. The van der Waals surface area contributed by atoms with E-state index >= 15 is 0 Å². The molecule has 0 unspecified atom stereocenters. The molecule has 6 nitrogen and oxygen atoms in total. The monoisotopic (exact) mass is 405 g/mol. The Morgan fingerprint density at radius 3 is 2.32 bits per heavy atom. The van der Waals surface area contributed by atoms with E-state index in [-0.39, 0.29) is 17.9 Å². The fourth-order valence-corrected chi connectivity index (χ4v) is 4.48. The molecular formula is C21H27NO5S. The molecule has 2 rings (SSSR count). The molecule has 2 aromatic rings. The number of carboxylic acid groups (broad SMARTS) is 1. The highest BCUT2D eigenvalue weighted by atomic mass is 32.2.